The first-order chi connectivity index (χ1) is 19.4. The summed E-state index contributed by atoms with van der Waals surface area (Å²) in [7, 11) is 0. The molecule has 7 nitrogen and oxygen atoms in total. The highest BCUT2D eigenvalue weighted by Crippen LogP contribution is 2.48. The zero-order valence-corrected chi connectivity index (χ0v) is 23.2. The average molecular weight is 570 g/mol. The summed E-state index contributed by atoms with van der Waals surface area (Å²) in [5, 5.41) is 10.7. The Morgan fingerprint density at radius 1 is 1.05 bits per heavy atom. The molecule has 0 atom stereocenters. The fourth-order valence-electron chi connectivity index (χ4n) is 5.77. The van der Waals surface area contributed by atoms with Gasteiger partial charge in [-0.25, -0.2) is 13.8 Å². The van der Waals surface area contributed by atoms with Crippen LogP contribution in [0.5, 0.6) is 0 Å². The molecule has 9 heteroatoms. The minimum atomic E-state index is -1.06. The van der Waals surface area contributed by atoms with Crippen molar-refractivity contribution in [2.75, 3.05) is 0 Å². The van der Waals surface area contributed by atoms with E-state index < -0.39 is 28.6 Å². The molecule has 0 spiro atoms. The third-order valence-corrected chi connectivity index (χ3v) is 8.11. The van der Waals surface area contributed by atoms with Crippen molar-refractivity contribution in [1.29, 1.82) is 0 Å². The molecule has 1 heterocycles. The van der Waals surface area contributed by atoms with Crippen molar-refractivity contribution in [2.45, 2.75) is 32.8 Å². The number of carbonyl (C=O) groups is 1. The van der Waals surface area contributed by atoms with Crippen LogP contribution in [0.4, 0.5) is 4.39 Å². The maximum absolute atomic E-state index is 14.3. The van der Waals surface area contributed by atoms with Gasteiger partial charge in [-0.1, -0.05) is 48.0 Å². The molecule has 206 valence electrons. The predicted octanol–water partition coefficient (Wildman–Crippen LogP) is 5.34. The fraction of sp³-hybridized carbons (Fsp3) is 0.156. The summed E-state index contributed by atoms with van der Waals surface area (Å²) in [6, 6.07) is 16.4. The molecule has 0 radical (unpaired) electrons. The molecule has 0 saturated heterocycles. The van der Waals surface area contributed by atoms with E-state index in [1.165, 1.54) is 12.1 Å². The van der Waals surface area contributed by atoms with Crippen LogP contribution in [0.25, 0.3) is 38.8 Å². The van der Waals surface area contributed by atoms with Crippen LogP contribution in [-0.4, -0.2) is 20.6 Å². The molecule has 5 aromatic rings. The van der Waals surface area contributed by atoms with Gasteiger partial charge in [0, 0.05) is 11.1 Å². The summed E-state index contributed by atoms with van der Waals surface area (Å²) in [5.74, 6) is -1.27. The number of primary amides is 1. The Bertz CT molecular complexity index is 2070. The molecule has 0 bridgehead atoms. The lowest BCUT2D eigenvalue weighted by Crippen LogP contribution is -2.34. The second kappa shape index (κ2) is 9.26. The summed E-state index contributed by atoms with van der Waals surface area (Å²) >= 11 is 6.98. The van der Waals surface area contributed by atoms with E-state index in [0.29, 0.717) is 17.5 Å². The van der Waals surface area contributed by atoms with Gasteiger partial charge >= 0.3 is 5.69 Å². The number of hydrogen-bond acceptors (Lipinski definition) is 4. The normalized spacial score (nSPS) is 12.4. The van der Waals surface area contributed by atoms with Crippen molar-refractivity contribution in [3.05, 3.63) is 120 Å². The molecular formula is C32H25ClFN3O4. The number of aromatic amines is 1. The molecule has 4 N–H and O–H groups in total. The first-order valence-electron chi connectivity index (χ1n) is 12.9. The molecule has 1 aliphatic carbocycles. The maximum Gasteiger partial charge on any atom is 0.333 e. The molecular weight excluding hydrogens is 545 g/mol. The monoisotopic (exact) mass is 569 g/mol. The lowest BCUT2D eigenvalue weighted by Gasteiger charge is -2.20. The molecule has 0 fully saturated rings. The number of benzene rings is 4. The number of nitrogens with zero attached hydrogens (tertiary/aromatic N) is 1. The van der Waals surface area contributed by atoms with Crippen molar-refractivity contribution >= 4 is 28.4 Å². The quantitative estimate of drug-likeness (QED) is 0.265. The maximum atomic E-state index is 14.3. The van der Waals surface area contributed by atoms with Crippen LogP contribution in [0, 0.1) is 12.7 Å². The smallest absolute Gasteiger partial charge is 0.333 e. The second-order valence-corrected chi connectivity index (χ2v) is 11.2. The molecule has 1 aliphatic rings. The minimum absolute atomic E-state index is 0.00509. The number of rotatable bonds is 4. The second-order valence-electron chi connectivity index (χ2n) is 10.8. The number of H-pyrrole nitrogens is 1. The number of aryl methyl sites for hydroxylation is 1. The van der Waals surface area contributed by atoms with E-state index >= 15 is 0 Å². The van der Waals surface area contributed by atoms with Crippen LogP contribution >= 0.6 is 11.6 Å². The highest BCUT2D eigenvalue weighted by molar-refractivity contribution is 6.35. The van der Waals surface area contributed by atoms with Crippen molar-refractivity contribution in [3.8, 4) is 27.9 Å². The summed E-state index contributed by atoms with van der Waals surface area (Å²) in [6.07, 6.45) is 0.423. The van der Waals surface area contributed by atoms with E-state index in [4.69, 9.17) is 17.3 Å². The summed E-state index contributed by atoms with van der Waals surface area (Å²) in [4.78, 5) is 41.4. The molecule has 4 aromatic carbocycles. The Labute approximate surface area is 238 Å². The zero-order valence-electron chi connectivity index (χ0n) is 22.4. The Morgan fingerprint density at radius 2 is 1.78 bits per heavy atom. The number of aliphatic hydroxyl groups is 1. The van der Waals surface area contributed by atoms with E-state index in [-0.39, 0.29) is 21.6 Å². The number of para-hydroxylation sites is 1. The van der Waals surface area contributed by atoms with Crippen molar-refractivity contribution in [2.24, 2.45) is 5.73 Å². The minimum Gasteiger partial charge on any atom is -0.386 e. The van der Waals surface area contributed by atoms with E-state index in [1.807, 2.05) is 25.1 Å². The number of hydrogen-bond donors (Lipinski definition) is 3. The zero-order chi connectivity index (χ0) is 29.4. The number of amides is 1. The molecule has 1 amide bonds. The van der Waals surface area contributed by atoms with E-state index in [1.54, 1.807) is 38.1 Å². The summed E-state index contributed by atoms with van der Waals surface area (Å²) in [5.41, 5.74) is 9.54. The Morgan fingerprint density at radius 3 is 2.49 bits per heavy atom. The Kier molecular flexibility index (Phi) is 6.02. The van der Waals surface area contributed by atoms with Crippen LogP contribution in [0.1, 0.15) is 46.5 Å². The molecule has 0 saturated carbocycles. The Balaban J connectivity index is 1.64. The fourth-order valence-corrected chi connectivity index (χ4v) is 6.08. The number of halogens is 2. The molecule has 0 unspecified atom stereocenters. The van der Waals surface area contributed by atoms with E-state index in [0.717, 1.165) is 49.6 Å². The lowest BCUT2D eigenvalue weighted by molar-refractivity contribution is 0.0785. The van der Waals surface area contributed by atoms with Gasteiger partial charge in [0.2, 0.25) is 5.91 Å². The summed E-state index contributed by atoms with van der Waals surface area (Å²) in [6.45, 7) is 5.25. The standard InChI is InChI=1S/C32H25ClFN3O4/c1-15-12-22(29(35)38)21-14-16-13-17(32(2,3)41)10-11-18(16)26(21)25(15)19-6-5-9-24(27(19)33)37-30(39)20-7-4-8-23(34)28(20)36-31(37)40/h4-13,41H,14H2,1-3H3,(H2,35,38)(H,36,40). The van der Waals surface area contributed by atoms with Gasteiger partial charge in [-0.15, -0.1) is 0 Å². The van der Waals surface area contributed by atoms with Crippen LogP contribution in [-0.2, 0) is 12.0 Å². The molecule has 1 aromatic heterocycles. The molecule has 41 heavy (non-hydrogen) atoms. The Hall–Kier alpha value is -4.53. The van der Waals surface area contributed by atoms with E-state index in [9.17, 15) is 23.9 Å². The predicted molar refractivity (Wildman–Crippen MR) is 157 cm³/mol. The topological polar surface area (TPSA) is 118 Å². The number of nitrogens with one attached hydrogen (secondary N) is 1. The number of carbonyl (C=O) groups excluding carboxylic acids is 1. The van der Waals surface area contributed by atoms with Crippen molar-refractivity contribution < 1.29 is 14.3 Å². The van der Waals surface area contributed by atoms with E-state index in [2.05, 4.69) is 4.98 Å². The number of aromatic nitrogens is 2. The largest absolute Gasteiger partial charge is 0.386 e. The number of fused-ring (bicyclic) bond motifs is 4. The van der Waals surface area contributed by atoms with Crippen LogP contribution in [0.3, 0.4) is 0 Å². The lowest BCUT2D eigenvalue weighted by atomic mass is 9.87. The number of nitrogens with two attached hydrogens (primary N) is 1. The highest BCUT2D eigenvalue weighted by atomic mass is 35.5. The van der Waals surface area contributed by atoms with Crippen LogP contribution in [0.15, 0.2) is 70.3 Å². The third kappa shape index (κ3) is 4.10. The average Bonchev–Trinajstić information content (AvgIpc) is 3.28. The summed E-state index contributed by atoms with van der Waals surface area (Å²) < 4.78 is 15.2. The van der Waals surface area contributed by atoms with Gasteiger partial charge in [0.15, 0.2) is 0 Å². The first-order valence-corrected chi connectivity index (χ1v) is 13.3. The SMILES string of the molecule is Cc1cc(C(N)=O)c2c(c1-c1cccc(-n3c(=O)[nH]c4c(F)cccc4c3=O)c1Cl)-c1ccc(C(C)(C)O)cc1C2. The van der Waals surface area contributed by atoms with Gasteiger partial charge in [0.1, 0.15) is 5.82 Å². The van der Waals surface area contributed by atoms with Crippen molar-refractivity contribution in [1.82, 2.24) is 9.55 Å². The van der Waals surface area contributed by atoms with Gasteiger partial charge in [0.25, 0.3) is 5.56 Å². The van der Waals surface area contributed by atoms with Gasteiger partial charge in [-0.3, -0.25) is 9.59 Å². The highest BCUT2D eigenvalue weighted by Gasteiger charge is 2.31. The van der Waals surface area contributed by atoms with Gasteiger partial charge < -0.3 is 15.8 Å². The van der Waals surface area contributed by atoms with Gasteiger partial charge in [-0.05, 0) is 90.4 Å². The first kappa shape index (κ1) is 26.7. The van der Waals surface area contributed by atoms with Gasteiger partial charge in [-0.2, -0.15) is 0 Å². The van der Waals surface area contributed by atoms with Gasteiger partial charge in [0.05, 0.1) is 27.2 Å². The third-order valence-electron chi connectivity index (χ3n) is 7.72. The molecule has 6 rings (SSSR count). The van der Waals surface area contributed by atoms with Crippen LogP contribution < -0.4 is 17.0 Å². The van der Waals surface area contributed by atoms with Crippen molar-refractivity contribution in [3.63, 3.8) is 0 Å². The molecule has 0 aliphatic heterocycles. The van der Waals surface area contributed by atoms with Crippen LogP contribution in [0.2, 0.25) is 5.02 Å².